The maximum absolute atomic E-state index is 4.95. The Hall–Kier alpha value is -2.93. The number of aryl methyl sites for hydroxylation is 1. The van der Waals surface area contributed by atoms with E-state index in [9.17, 15) is 0 Å². The van der Waals surface area contributed by atoms with Crippen molar-refractivity contribution in [1.29, 1.82) is 0 Å². The molecule has 0 saturated carbocycles. The number of pyridine rings is 1. The number of hydrogen-bond donors (Lipinski definition) is 0. The third kappa shape index (κ3) is 4.14. The van der Waals surface area contributed by atoms with Gasteiger partial charge in [0.1, 0.15) is 0 Å². The van der Waals surface area contributed by atoms with Crippen molar-refractivity contribution in [2.24, 2.45) is 0 Å². The second-order valence-corrected chi connectivity index (χ2v) is 7.45. The molecule has 140 valence electrons. The number of aromatic nitrogens is 1. The van der Waals surface area contributed by atoms with Crippen LogP contribution in [0.1, 0.15) is 38.2 Å². The van der Waals surface area contributed by atoms with Crippen molar-refractivity contribution >= 4 is 10.9 Å². The van der Waals surface area contributed by atoms with Crippen LogP contribution in [0.15, 0.2) is 84.9 Å². The van der Waals surface area contributed by atoms with Crippen LogP contribution in [-0.2, 0) is 6.42 Å². The molecule has 0 aliphatic heterocycles. The monoisotopic (exact) mass is 365 g/mol. The minimum absolute atomic E-state index is 1.04. The Labute approximate surface area is 168 Å². The first-order chi connectivity index (χ1) is 13.8. The van der Waals surface area contributed by atoms with Crippen LogP contribution in [0.4, 0.5) is 0 Å². The average molecular weight is 366 g/mol. The van der Waals surface area contributed by atoms with E-state index in [0.29, 0.717) is 0 Å². The summed E-state index contributed by atoms with van der Waals surface area (Å²) in [7, 11) is 0. The minimum atomic E-state index is 1.04. The van der Waals surface area contributed by atoms with Gasteiger partial charge in [0.15, 0.2) is 0 Å². The Morgan fingerprint density at radius 1 is 0.679 bits per heavy atom. The van der Waals surface area contributed by atoms with Gasteiger partial charge in [0.05, 0.1) is 11.2 Å². The van der Waals surface area contributed by atoms with Gasteiger partial charge in [0.25, 0.3) is 0 Å². The third-order valence-corrected chi connectivity index (χ3v) is 5.37. The van der Waals surface area contributed by atoms with Crippen molar-refractivity contribution < 1.29 is 0 Å². The normalized spacial score (nSPS) is 11.0. The first-order valence-corrected chi connectivity index (χ1v) is 10.4. The highest BCUT2D eigenvalue weighted by Gasteiger charge is 2.09. The lowest BCUT2D eigenvalue weighted by atomic mass is 9.97. The lowest BCUT2D eigenvalue weighted by Gasteiger charge is -2.11. The Balaban J connectivity index is 1.67. The molecule has 0 saturated heterocycles. The lowest BCUT2D eigenvalue weighted by molar-refractivity contribution is 0.667. The zero-order chi connectivity index (χ0) is 19.2. The fourth-order valence-corrected chi connectivity index (χ4v) is 3.78. The van der Waals surface area contributed by atoms with Crippen LogP contribution >= 0.6 is 0 Å². The number of benzene rings is 3. The topological polar surface area (TPSA) is 12.9 Å². The van der Waals surface area contributed by atoms with E-state index in [2.05, 4.69) is 91.9 Å². The summed E-state index contributed by atoms with van der Waals surface area (Å²) in [5.41, 5.74) is 7.15. The maximum Gasteiger partial charge on any atom is 0.0715 e. The van der Waals surface area contributed by atoms with Crippen molar-refractivity contribution in [3.63, 3.8) is 0 Å². The molecule has 1 heterocycles. The highest BCUT2D eigenvalue weighted by atomic mass is 14.7. The summed E-state index contributed by atoms with van der Waals surface area (Å²) in [4.78, 5) is 4.95. The molecule has 3 aromatic carbocycles. The quantitative estimate of drug-likeness (QED) is 0.306. The molecule has 0 aliphatic rings. The summed E-state index contributed by atoms with van der Waals surface area (Å²) in [5.74, 6) is 0. The van der Waals surface area contributed by atoms with Crippen molar-refractivity contribution in [2.75, 3.05) is 0 Å². The molecule has 0 amide bonds. The molecule has 0 fully saturated rings. The van der Waals surface area contributed by atoms with E-state index in [0.717, 1.165) is 11.2 Å². The largest absolute Gasteiger partial charge is 0.248 e. The molecule has 0 bridgehead atoms. The van der Waals surface area contributed by atoms with Crippen LogP contribution < -0.4 is 0 Å². The fraction of sp³-hybridized carbons (Fsp3) is 0.222. The fourth-order valence-electron chi connectivity index (χ4n) is 3.78. The van der Waals surface area contributed by atoms with E-state index < -0.39 is 0 Å². The number of unbranched alkanes of at least 4 members (excludes halogenated alkanes) is 3. The minimum Gasteiger partial charge on any atom is -0.248 e. The Bertz CT molecular complexity index is 1030. The van der Waals surface area contributed by atoms with E-state index in [1.54, 1.807) is 0 Å². The Kier molecular flexibility index (Phi) is 5.82. The van der Waals surface area contributed by atoms with Gasteiger partial charge in [0.2, 0.25) is 0 Å². The van der Waals surface area contributed by atoms with E-state index in [1.807, 2.05) is 0 Å². The number of hydrogen-bond acceptors (Lipinski definition) is 1. The predicted molar refractivity (Wildman–Crippen MR) is 120 cm³/mol. The summed E-state index contributed by atoms with van der Waals surface area (Å²) in [6, 6.07) is 30.2. The molecule has 0 atom stereocenters. The predicted octanol–water partition coefficient (Wildman–Crippen LogP) is 7.69. The molecule has 28 heavy (non-hydrogen) atoms. The van der Waals surface area contributed by atoms with Crippen molar-refractivity contribution in [2.45, 2.75) is 39.0 Å². The van der Waals surface area contributed by atoms with Crippen LogP contribution in [-0.4, -0.2) is 4.98 Å². The standard InChI is InChI=1S/C27H27N/c1-2-3-4-6-11-21-16-18-23(19-17-21)27-20-25(22-12-7-5-8-13-22)24-14-9-10-15-26(24)28-27/h5,7-10,12-20H,2-4,6,11H2,1H3. The molecule has 4 aromatic rings. The molecule has 0 unspecified atom stereocenters. The van der Waals surface area contributed by atoms with E-state index in [4.69, 9.17) is 4.98 Å². The van der Waals surface area contributed by atoms with Crippen LogP contribution in [0.2, 0.25) is 0 Å². The second kappa shape index (κ2) is 8.84. The van der Waals surface area contributed by atoms with Crippen LogP contribution in [0.3, 0.4) is 0 Å². The van der Waals surface area contributed by atoms with Crippen molar-refractivity contribution in [3.8, 4) is 22.4 Å². The smallest absolute Gasteiger partial charge is 0.0715 e. The zero-order valence-electron chi connectivity index (χ0n) is 16.6. The van der Waals surface area contributed by atoms with Gasteiger partial charge in [-0.05, 0) is 41.7 Å². The van der Waals surface area contributed by atoms with Crippen molar-refractivity contribution in [3.05, 3.63) is 90.5 Å². The van der Waals surface area contributed by atoms with Crippen LogP contribution in [0, 0.1) is 0 Å². The molecule has 0 spiro atoms. The highest BCUT2D eigenvalue weighted by Crippen LogP contribution is 2.32. The van der Waals surface area contributed by atoms with Gasteiger partial charge in [-0.3, -0.25) is 0 Å². The summed E-state index contributed by atoms with van der Waals surface area (Å²) < 4.78 is 0. The van der Waals surface area contributed by atoms with E-state index in [1.165, 1.54) is 59.7 Å². The van der Waals surface area contributed by atoms with E-state index in [-0.39, 0.29) is 0 Å². The average Bonchev–Trinajstić information content (AvgIpc) is 2.77. The lowest BCUT2D eigenvalue weighted by Crippen LogP contribution is -1.91. The first kappa shape index (κ1) is 18.4. The second-order valence-electron chi connectivity index (χ2n) is 7.45. The van der Waals surface area contributed by atoms with Gasteiger partial charge in [-0.15, -0.1) is 0 Å². The molecule has 1 nitrogen and oxygen atoms in total. The molecular formula is C27H27N. The van der Waals surface area contributed by atoms with Gasteiger partial charge in [0, 0.05) is 10.9 Å². The Morgan fingerprint density at radius 2 is 1.43 bits per heavy atom. The third-order valence-electron chi connectivity index (χ3n) is 5.37. The summed E-state index contributed by atoms with van der Waals surface area (Å²) >= 11 is 0. The maximum atomic E-state index is 4.95. The number of fused-ring (bicyclic) bond motifs is 1. The molecule has 0 aliphatic carbocycles. The SMILES string of the molecule is CCCCCCc1ccc(-c2cc(-c3ccccc3)c3ccccc3n2)cc1. The molecular weight excluding hydrogens is 338 g/mol. The zero-order valence-corrected chi connectivity index (χ0v) is 16.6. The van der Waals surface area contributed by atoms with Gasteiger partial charge in [-0.25, -0.2) is 4.98 Å². The summed E-state index contributed by atoms with van der Waals surface area (Å²) in [5, 5.41) is 1.20. The van der Waals surface area contributed by atoms with Gasteiger partial charge in [-0.1, -0.05) is 99.0 Å². The van der Waals surface area contributed by atoms with E-state index >= 15 is 0 Å². The number of rotatable bonds is 7. The van der Waals surface area contributed by atoms with Gasteiger partial charge >= 0.3 is 0 Å². The van der Waals surface area contributed by atoms with Gasteiger partial charge < -0.3 is 0 Å². The van der Waals surface area contributed by atoms with Gasteiger partial charge in [-0.2, -0.15) is 0 Å². The summed E-state index contributed by atoms with van der Waals surface area (Å²) in [6.07, 6.45) is 6.39. The summed E-state index contributed by atoms with van der Waals surface area (Å²) in [6.45, 7) is 2.26. The molecule has 1 aromatic heterocycles. The molecule has 0 N–H and O–H groups in total. The van der Waals surface area contributed by atoms with Crippen molar-refractivity contribution in [1.82, 2.24) is 4.98 Å². The first-order valence-electron chi connectivity index (χ1n) is 10.4. The number of para-hydroxylation sites is 1. The highest BCUT2D eigenvalue weighted by molar-refractivity contribution is 5.96. The van der Waals surface area contributed by atoms with Crippen LogP contribution in [0.5, 0.6) is 0 Å². The Morgan fingerprint density at radius 3 is 2.21 bits per heavy atom. The molecule has 0 radical (unpaired) electrons. The molecule has 1 heteroatoms. The molecule has 4 rings (SSSR count). The van der Waals surface area contributed by atoms with Crippen LogP contribution in [0.25, 0.3) is 33.3 Å². The number of nitrogens with zero attached hydrogens (tertiary/aromatic N) is 1.